The van der Waals surface area contributed by atoms with Crippen LogP contribution in [0.3, 0.4) is 0 Å². The molecule has 1 fully saturated rings. The van der Waals surface area contributed by atoms with E-state index in [1.54, 1.807) is 0 Å². The molecule has 0 radical (unpaired) electrons. The number of anilines is 1. The van der Waals surface area contributed by atoms with Crippen molar-refractivity contribution in [1.82, 2.24) is 15.1 Å². The molecule has 2 aliphatic heterocycles. The minimum atomic E-state index is 0.160. The van der Waals surface area contributed by atoms with Gasteiger partial charge in [-0.1, -0.05) is 18.2 Å². The molecular formula is C22H30N4OS. The fourth-order valence-corrected chi connectivity index (χ4v) is 4.99. The third-order valence-corrected chi connectivity index (χ3v) is 6.74. The average Bonchev–Trinajstić information content (AvgIpc) is 3.20. The molecule has 3 heterocycles. The summed E-state index contributed by atoms with van der Waals surface area (Å²) in [5.74, 6) is 0.160. The van der Waals surface area contributed by atoms with Crippen LogP contribution in [0.5, 0.6) is 0 Å². The molecule has 150 valence electrons. The van der Waals surface area contributed by atoms with Crippen LogP contribution in [-0.2, 0) is 17.8 Å². The van der Waals surface area contributed by atoms with Crippen LogP contribution in [0.25, 0.3) is 0 Å². The summed E-state index contributed by atoms with van der Waals surface area (Å²) < 4.78 is 0. The number of thiophene rings is 1. The molecule has 1 amide bonds. The fourth-order valence-electron chi connectivity index (χ4n) is 4.10. The summed E-state index contributed by atoms with van der Waals surface area (Å²) in [6, 6.07) is 12.8. The molecule has 28 heavy (non-hydrogen) atoms. The zero-order valence-corrected chi connectivity index (χ0v) is 17.3. The van der Waals surface area contributed by atoms with Crippen LogP contribution in [0.4, 0.5) is 5.69 Å². The molecular weight excluding hydrogens is 368 g/mol. The summed E-state index contributed by atoms with van der Waals surface area (Å²) in [5.41, 5.74) is 2.72. The van der Waals surface area contributed by atoms with Crippen LogP contribution >= 0.6 is 11.3 Å². The van der Waals surface area contributed by atoms with Gasteiger partial charge < -0.3 is 10.2 Å². The highest BCUT2D eigenvalue weighted by atomic mass is 32.1. The van der Waals surface area contributed by atoms with Gasteiger partial charge in [0.15, 0.2) is 0 Å². The topological polar surface area (TPSA) is 38.8 Å². The second kappa shape index (κ2) is 9.54. The van der Waals surface area contributed by atoms with E-state index >= 15 is 0 Å². The van der Waals surface area contributed by atoms with Crippen LogP contribution in [0.2, 0.25) is 0 Å². The first-order chi connectivity index (χ1) is 13.8. The molecule has 0 unspecified atom stereocenters. The molecule has 0 atom stereocenters. The standard InChI is InChI=1S/C22H30N4OS/c27-22(18-25-11-7-21-19(17-25)8-16-28-21)23-9-4-10-24-12-14-26(15-13-24)20-5-2-1-3-6-20/h1-3,5-6,8,16H,4,7,9-15,17-18H2,(H,23,27). The van der Waals surface area contributed by atoms with Gasteiger partial charge in [0.25, 0.3) is 0 Å². The van der Waals surface area contributed by atoms with Crippen molar-refractivity contribution in [2.24, 2.45) is 0 Å². The van der Waals surface area contributed by atoms with E-state index in [9.17, 15) is 4.79 Å². The molecule has 0 spiro atoms. The fraction of sp³-hybridized carbons (Fsp3) is 0.500. The van der Waals surface area contributed by atoms with Crippen molar-refractivity contribution in [1.29, 1.82) is 0 Å². The Morgan fingerprint density at radius 2 is 1.82 bits per heavy atom. The van der Waals surface area contributed by atoms with E-state index in [-0.39, 0.29) is 5.91 Å². The van der Waals surface area contributed by atoms with E-state index in [1.165, 1.54) is 16.1 Å². The highest BCUT2D eigenvalue weighted by Crippen LogP contribution is 2.23. The molecule has 1 saturated heterocycles. The first-order valence-electron chi connectivity index (χ1n) is 10.3. The highest BCUT2D eigenvalue weighted by molar-refractivity contribution is 7.10. The van der Waals surface area contributed by atoms with Gasteiger partial charge in [-0.25, -0.2) is 0 Å². The van der Waals surface area contributed by atoms with Crippen LogP contribution in [0.15, 0.2) is 41.8 Å². The summed E-state index contributed by atoms with van der Waals surface area (Å²) in [6.07, 6.45) is 2.10. The van der Waals surface area contributed by atoms with Crippen LogP contribution in [0, 0.1) is 0 Å². The van der Waals surface area contributed by atoms with Gasteiger partial charge in [-0.2, -0.15) is 0 Å². The smallest absolute Gasteiger partial charge is 0.234 e. The predicted octanol–water partition coefficient (Wildman–Crippen LogP) is 2.43. The summed E-state index contributed by atoms with van der Waals surface area (Å²) in [6.45, 7) is 8.61. The second-order valence-corrected chi connectivity index (χ2v) is 8.70. The molecule has 0 saturated carbocycles. The van der Waals surface area contributed by atoms with Gasteiger partial charge in [0.1, 0.15) is 0 Å². The van der Waals surface area contributed by atoms with Gasteiger partial charge in [0, 0.05) is 56.4 Å². The molecule has 1 N–H and O–H groups in total. The molecule has 0 aliphatic carbocycles. The maximum Gasteiger partial charge on any atom is 0.234 e. The summed E-state index contributed by atoms with van der Waals surface area (Å²) in [7, 11) is 0. The molecule has 4 rings (SSSR count). The second-order valence-electron chi connectivity index (χ2n) is 7.70. The third-order valence-electron chi connectivity index (χ3n) is 5.72. The van der Waals surface area contributed by atoms with Gasteiger partial charge in [-0.15, -0.1) is 11.3 Å². The maximum absolute atomic E-state index is 12.2. The molecule has 0 bridgehead atoms. The lowest BCUT2D eigenvalue weighted by atomic mass is 10.1. The van der Waals surface area contributed by atoms with Crippen LogP contribution in [-0.4, -0.2) is 68.1 Å². The van der Waals surface area contributed by atoms with Crippen molar-refractivity contribution < 1.29 is 4.79 Å². The Labute approximate surface area is 171 Å². The third kappa shape index (κ3) is 5.13. The Hall–Kier alpha value is -1.89. The number of nitrogens with zero attached hydrogens (tertiary/aromatic N) is 3. The number of piperazine rings is 1. The Bertz CT molecular complexity index is 755. The summed E-state index contributed by atoms with van der Waals surface area (Å²) >= 11 is 1.84. The van der Waals surface area contributed by atoms with E-state index in [0.29, 0.717) is 6.54 Å². The van der Waals surface area contributed by atoms with Crippen molar-refractivity contribution in [3.63, 3.8) is 0 Å². The zero-order valence-electron chi connectivity index (χ0n) is 16.5. The Balaban J connectivity index is 1.09. The predicted molar refractivity (Wildman–Crippen MR) is 116 cm³/mol. The first-order valence-corrected chi connectivity index (χ1v) is 11.2. The van der Waals surface area contributed by atoms with Gasteiger partial charge in [-0.3, -0.25) is 14.6 Å². The lowest BCUT2D eigenvalue weighted by molar-refractivity contribution is -0.122. The number of nitrogens with one attached hydrogen (secondary N) is 1. The largest absolute Gasteiger partial charge is 0.369 e. The van der Waals surface area contributed by atoms with Crippen molar-refractivity contribution in [3.05, 3.63) is 52.2 Å². The number of para-hydroxylation sites is 1. The van der Waals surface area contributed by atoms with E-state index in [0.717, 1.165) is 65.2 Å². The Morgan fingerprint density at radius 3 is 2.64 bits per heavy atom. The Kier molecular flexibility index (Phi) is 6.62. The van der Waals surface area contributed by atoms with Gasteiger partial charge in [0.2, 0.25) is 5.91 Å². The number of amides is 1. The Morgan fingerprint density at radius 1 is 1.00 bits per heavy atom. The van der Waals surface area contributed by atoms with Crippen LogP contribution < -0.4 is 10.2 Å². The monoisotopic (exact) mass is 398 g/mol. The van der Waals surface area contributed by atoms with Crippen molar-refractivity contribution in [2.75, 3.05) is 57.3 Å². The molecule has 6 heteroatoms. The normalized spacial score (nSPS) is 18.1. The van der Waals surface area contributed by atoms with Crippen molar-refractivity contribution >= 4 is 22.9 Å². The SMILES string of the molecule is O=C(CN1CCc2sccc2C1)NCCCN1CCN(c2ccccc2)CC1. The van der Waals surface area contributed by atoms with E-state index in [4.69, 9.17) is 0 Å². The lowest BCUT2D eigenvalue weighted by Crippen LogP contribution is -2.47. The number of hydrogen-bond donors (Lipinski definition) is 1. The molecule has 5 nitrogen and oxygen atoms in total. The van der Waals surface area contributed by atoms with Crippen molar-refractivity contribution in [3.8, 4) is 0 Å². The number of carbonyl (C=O) groups is 1. The van der Waals surface area contributed by atoms with E-state index < -0.39 is 0 Å². The quantitative estimate of drug-likeness (QED) is 0.727. The average molecular weight is 399 g/mol. The summed E-state index contributed by atoms with van der Waals surface area (Å²) in [4.78, 5) is 21.0. The number of hydrogen-bond acceptors (Lipinski definition) is 5. The maximum atomic E-state index is 12.2. The summed E-state index contributed by atoms with van der Waals surface area (Å²) in [5, 5.41) is 5.27. The molecule has 1 aromatic carbocycles. The van der Waals surface area contributed by atoms with E-state index in [1.807, 2.05) is 11.3 Å². The van der Waals surface area contributed by atoms with E-state index in [2.05, 4.69) is 61.8 Å². The van der Waals surface area contributed by atoms with Gasteiger partial charge in [-0.05, 0) is 48.5 Å². The van der Waals surface area contributed by atoms with Crippen LogP contribution in [0.1, 0.15) is 16.9 Å². The first kappa shape index (κ1) is 19.4. The zero-order chi connectivity index (χ0) is 19.2. The minimum Gasteiger partial charge on any atom is -0.369 e. The molecule has 1 aromatic heterocycles. The van der Waals surface area contributed by atoms with Gasteiger partial charge in [0.05, 0.1) is 6.54 Å². The number of benzene rings is 1. The highest BCUT2D eigenvalue weighted by Gasteiger charge is 2.19. The van der Waals surface area contributed by atoms with Gasteiger partial charge >= 0.3 is 0 Å². The number of fused-ring (bicyclic) bond motifs is 1. The van der Waals surface area contributed by atoms with Crippen molar-refractivity contribution in [2.45, 2.75) is 19.4 Å². The molecule has 2 aliphatic rings. The molecule has 2 aromatic rings. The lowest BCUT2D eigenvalue weighted by Gasteiger charge is -2.36. The number of carbonyl (C=O) groups excluding carboxylic acids is 1. The number of rotatable bonds is 7. The minimum absolute atomic E-state index is 0.160.